The van der Waals surface area contributed by atoms with E-state index < -0.39 is 0 Å². The first-order chi connectivity index (χ1) is 6.80. The van der Waals surface area contributed by atoms with Gasteiger partial charge in [-0.3, -0.25) is 4.79 Å². The summed E-state index contributed by atoms with van der Waals surface area (Å²) in [5.74, 6) is 1.46. The molecule has 2 atom stereocenters. The van der Waals surface area contributed by atoms with Crippen LogP contribution < -0.4 is 0 Å². The van der Waals surface area contributed by atoms with E-state index >= 15 is 0 Å². The molecular weight excluding hydrogens is 186 g/mol. The molecule has 15 heavy (non-hydrogen) atoms. The maximum Gasteiger partial charge on any atom is 0.137 e. The van der Waals surface area contributed by atoms with Crippen LogP contribution in [0, 0.1) is 17.3 Å². The fourth-order valence-electron chi connectivity index (χ4n) is 2.52. The zero-order valence-corrected chi connectivity index (χ0v) is 10.8. The Hall–Kier alpha value is -0.370. The molecule has 0 aromatic rings. The van der Waals surface area contributed by atoms with Crippen LogP contribution in [-0.2, 0) is 4.79 Å². The minimum atomic E-state index is 0.276. The third-order valence-electron chi connectivity index (χ3n) is 3.57. The number of hydrogen-bond donors (Lipinski definition) is 0. The SMILES string of the molecule is CN(C)C[C@H]1C[C@H](C(C)(C)C)CCC1=O. The van der Waals surface area contributed by atoms with Crippen molar-refractivity contribution in [1.29, 1.82) is 0 Å². The van der Waals surface area contributed by atoms with Crippen LogP contribution in [0.3, 0.4) is 0 Å². The summed E-state index contributed by atoms with van der Waals surface area (Å²) < 4.78 is 0. The van der Waals surface area contributed by atoms with Gasteiger partial charge >= 0.3 is 0 Å². The molecule has 0 spiro atoms. The lowest BCUT2D eigenvalue weighted by Gasteiger charge is -2.37. The largest absolute Gasteiger partial charge is 0.309 e. The van der Waals surface area contributed by atoms with Crippen LogP contribution in [0.4, 0.5) is 0 Å². The summed E-state index contributed by atoms with van der Waals surface area (Å²) in [5, 5.41) is 0. The molecule has 0 bridgehead atoms. The molecule has 1 aliphatic rings. The molecule has 0 radical (unpaired) electrons. The number of Topliss-reactive ketones (excluding diaryl/α,β-unsaturated/α-hetero) is 1. The number of nitrogens with zero attached hydrogens (tertiary/aromatic N) is 1. The van der Waals surface area contributed by atoms with E-state index in [2.05, 4.69) is 25.7 Å². The molecule has 2 nitrogen and oxygen atoms in total. The van der Waals surface area contributed by atoms with Gasteiger partial charge in [0.25, 0.3) is 0 Å². The molecule has 0 N–H and O–H groups in total. The Kier molecular flexibility index (Phi) is 3.93. The molecule has 1 aliphatic carbocycles. The second-order valence-corrected chi connectivity index (χ2v) is 6.26. The van der Waals surface area contributed by atoms with Crippen molar-refractivity contribution in [2.75, 3.05) is 20.6 Å². The molecule has 1 saturated carbocycles. The number of rotatable bonds is 2. The molecule has 0 aliphatic heterocycles. The van der Waals surface area contributed by atoms with Crippen molar-refractivity contribution in [2.24, 2.45) is 17.3 Å². The second-order valence-electron chi connectivity index (χ2n) is 6.26. The fourth-order valence-corrected chi connectivity index (χ4v) is 2.52. The third kappa shape index (κ3) is 3.60. The second kappa shape index (κ2) is 4.65. The quantitative estimate of drug-likeness (QED) is 0.699. The van der Waals surface area contributed by atoms with Gasteiger partial charge in [-0.15, -0.1) is 0 Å². The van der Waals surface area contributed by atoms with Crippen LogP contribution in [0.5, 0.6) is 0 Å². The van der Waals surface area contributed by atoms with E-state index in [1.807, 2.05) is 14.1 Å². The third-order valence-corrected chi connectivity index (χ3v) is 3.57. The lowest BCUT2D eigenvalue weighted by Crippen LogP contribution is -2.37. The molecule has 0 amide bonds. The summed E-state index contributed by atoms with van der Waals surface area (Å²) >= 11 is 0. The van der Waals surface area contributed by atoms with Gasteiger partial charge in [0, 0.05) is 18.9 Å². The van der Waals surface area contributed by atoms with Crippen molar-refractivity contribution in [2.45, 2.75) is 40.0 Å². The summed E-state index contributed by atoms with van der Waals surface area (Å²) in [6, 6.07) is 0. The van der Waals surface area contributed by atoms with E-state index in [0.717, 1.165) is 25.8 Å². The molecule has 2 heteroatoms. The normalized spacial score (nSPS) is 28.5. The maximum atomic E-state index is 11.8. The number of carbonyl (C=O) groups excluding carboxylic acids is 1. The highest BCUT2D eigenvalue weighted by Crippen LogP contribution is 2.38. The standard InChI is InChI=1S/C13H25NO/c1-13(2,3)11-6-7-12(15)10(8-11)9-14(4)5/h10-11H,6-9H2,1-5H3/t10-,11-/m1/s1. The van der Waals surface area contributed by atoms with Gasteiger partial charge in [0.15, 0.2) is 0 Å². The molecule has 0 unspecified atom stereocenters. The highest BCUT2D eigenvalue weighted by molar-refractivity contribution is 5.82. The first-order valence-corrected chi connectivity index (χ1v) is 5.98. The Morgan fingerprint density at radius 1 is 1.33 bits per heavy atom. The Morgan fingerprint density at radius 3 is 2.40 bits per heavy atom. The van der Waals surface area contributed by atoms with Gasteiger partial charge in [-0.25, -0.2) is 0 Å². The van der Waals surface area contributed by atoms with Gasteiger partial charge in [-0.05, 0) is 38.3 Å². The first-order valence-electron chi connectivity index (χ1n) is 5.98. The van der Waals surface area contributed by atoms with Crippen molar-refractivity contribution in [3.8, 4) is 0 Å². The highest BCUT2D eigenvalue weighted by atomic mass is 16.1. The van der Waals surface area contributed by atoms with E-state index in [1.165, 1.54) is 0 Å². The monoisotopic (exact) mass is 211 g/mol. The van der Waals surface area contributed by atoms with Crippen molar-refractivity contribution in [3.63, 3.8) is 0 Å². The van der Waals surface area contributed by atoms with E-state index in [-0.39, 0.29) is 5.92 Å². The van der Waals surface area contributed by atoms with Crippen LogP contribution >= 0.6 is 0 Å². The Bertz CT molecular complexity index is 227. The average Bonchev–Trinajstić information content (AvgIpc) is 2.06. The molecule has 0 aromatic carbocycles. The lowest BCUT2D eigenvalue weighted by molar-refractivity contribution is -0.127. The summed E-state index contributed by atoms with van der Waals surface area (Å²) in [7, 11) is 4.10. The Labute approximate surface area is 94.0 Å². The van der Waals surface area contributed by atoms with Crippen molar-refractivity contribution in [1.82, 2.24) is 4.90 Å². The maximum absolute atomic E-state index is 11.8. The van der Waals surface area contributed by atoms with Crippen LogP contribution in [0.25, 0.3) is 0 Å². The van der Waals surface area contributed by atoms with E-state index in [1.54, 1.807) is 0 Å². The van der Waals surface area contributed by atoms with E-state index in [0.29, 0.717) is 17.1 Å². The van der Waals surface area contributed by atoms with Gasteiger partial charge in [-0.2, -0.15) is 0 Å². The van der Waals surface area contributed by atoms with Crippen LogP contribution in [-0.4, -0.2) is 31.3 Å². The zero-order valence-electron chi connectivity index (χ0n) is 10.8. The van der Waals surface area contributed by atoms with Crippen molar-refractivity contribution >= 4 is 5.78 Å². The van der Waals surface area contributed by atoms with Crippen molar-refractivity contribution < 1.29 is 4.79 Å². The molecule has 1 fully saturated rings. The molecule has 1 rings (SSSR count). The van der Waals surface area contributed by atoms with E-state index in [9.17, 15) is 4.79 Å². The molecule has 0 saturated heterocycles. The minimum Gasteiger partial charge on any atom is -0.309 e. The Morgan fingerprint density at radius 2 is 1.93 bits per heavy atom. The van der Waals surface area contributed by atoms with Gasteiger partial charge < -0.3 is 4.90 Å². The number of carbonyl (C=O) groups is 1. The van der Waals surface area contributed by atoms with Gasteiger partial charge in [0.1, 0.15) is 5.78 Å². The van der Waals surface area contributed by atoms with Gasteiger partial charge in [0.2, 0.25) is 0 Å². The van der Waals surface area contributed by atoms with Crippen LogP contribution in [0.1, 0.15) is 40.0 Å². The topological polar surface area (TPSA) is 20.3 Å². The lowest BCUT2D eigenvalue weighted by atomic mass is 9.68. The summed E-state index contributed by atoms with van der Waals surface area (Å²) in [6.07, 6.45) is 2.97. The predicted molar refractivity (Wildman–Crippen MR) is 63.8 cm³/mol. The molecule has 88 valence electrons. The molecular formula is C13H25NO. The molecule has 0 aromatic heterocycles. The highest BCUT2D eigenvalue weighted by Gasteiger charge is 2.34. The van der Waals surface area contributed by atoms with Crippen LogP contribution in [0.15, 0.2) is 0 Å². The summed E-state index contributed by atoms with van der Waals surface area (Å²) in [5.41, 5.74) is 0.352. The number of ketones is 1. The Balaban J connectivity index is 2.60. The minimum absolute atomic E-state index is 0.276. The number of hydrogen-bond acceptors (Lipinski definition) is 2. The fraction of sp³-hybridized carbons (Fsp3) is 0.923. The molecule has 0 heterocycles. The van der Waals surface area contributed by atoms with Crippen molar-refractivity contribution in [3.05, 3.63) is 0 Å². The smallest absolute Gasteiger partial charge is 0.137 e. The zero-order chi connectivity index (χ0) is 11.6. The average molecular weight is 211 g/mol. The van der Waals surface area contributed by atoms with E-state index in [4.69, 9.17) is 0 Å². The van der Waals surface area contributed by atoms with Crippen LogP contribution in [0.2, 0.25) is 0 Å². The summed E-state index contributed by atoms with van der Waals surface area (Å²) in [4.78, 5) is 13.9. The van der Waals surface area contributed by atoms with Gasteiger partial charge in [-0.1, -0.05) is 20.8 Å². The summed E-state index contributed by atoms with van der Waals surface area (Å²) in [6.45, 7) is 7.80. The van der Waals surface area contributed by atoms with Gasteiger partial charge in [0.05, 0.1) is 0 Å². The first kappa shape index (κ1) is 12.7. The predicted octanol–water partition coefficient (Wildman–Crippen LogP) is 2.58.